The molecule has 1 heterocycles. The Morgan fingerprint density at radius 3 is 2.18 bits per heavy atom. The van der Waals surface area contributed by atoms with Gasteiger partial charge in [0.2, 0.25) is 5.91 Å². The number of benzene rings is 2. The van der Waals surface area contributed by atoms with Crippen LogP contribution in [0.3, 0.4) is 0 Å². The van der Waals surface area contributed by atoms with Crippen LogP contribution in [0.5, 0.6) is 0 Å². The Labute approximate surface area is 282 Å². The minimum absolute atomic E-state index is 0.0562. The number of carbonyl (C=O) groups is 2. The number of carbonyl (C=O) groups excluding carboxylic acids is 2. The summed E-state index contributed by atoms with van der Waals surface area (Å²) in [6, 6.07) is 0.654. The number of hydrogen-bond donors (Lipinski definition) is 1. The van der Waals surface area contributed by atoms with Crippen LogP contribution < -0.4 is 10.9 Å². The molecule has 13 heteroatoms. The molecule has 7 nitrogen and oxygen atoms in total. The fraction of sp³-hybridized carbons (Fsp3) is 0.472. The summed E-state index contributed by atoms with van der Waals surface area (Å²) in [5.41, 5.74) is -3.26. The summed E-state index contributed by atoms with van der Waals surface area (Å²) in [6.45, 7) is 10.1. The molecule has 3 aromatic rings. The van der Waals surface area contributed by atoms with Crippen molar-refractivity contribution in [2.24, 2.45) is 5.92 Å². The Hall–Kier alpha value is -4.13. The quantitative estimate of drug-likeness (QED) is 0.149. The van der Waals surface area contributed by atoms with E-state index < -0.39 is 81.8 Å². The van der Waals surface area contributed by atoms with Gasteiger partial charge in [-0.15, -0.1) is 0 Å². The van der Waals surface area contributed by atoms with E-state index in [9.17, 15) is 27.6 Å². The zero-order valence-corrected chi connectivity index (χ0v) is 28.9. The molecule has 1 N–H and O–H groups in total. The van der Waals surface area contributed by atoms with Gasteiger partial charge >= 0.3 is 12.1 Å². The molecule has 0 fully saturated rings. The lowest BCUT2D eigenvalue weighted by Gasteiger charge is -2.27. The van der Waals surface area contributed by atoms with Crippen molar-refractivity contribution in [3.63, 3.8) is 0 Å². The number of likely N-dealkylation sites (N-methyl/N-ethyl adjacent to an activating group) is 1. The molecule has 0 saturated carbocycles. The summed E-state index contributed by atoms with van der Waals surface area (Å²) < 4.78 is 96.7. The molecule has 1 aromatic heterocycles. The first-order valence-corrected chi connectivity index (χ1v) is 15.9. The predicted molar refractivity (Wildman–Crippen MR) is 175 cm³/mol. The number of amides is 1. The molecule has 0 aliphatic carbocycles. The van der Waals surface area contributed by atoms with Crippen LogP contribution >= 0.6 is 0 Å². The highest BCUT2D eigenvalue weighted by Gasteiger charge is 2.40. The monoisotopic (exact) mass is 695 g/mol. The zero-order chi connectivity index (χ0) is 37.0. The van der Waals surface area contributed by atoms with E-state index >= 15 is 13.2 Å². The van der Waals surface area contributed by atoms with Crippen molar-refractivity contribution >= 4 is 11.9 Å². The van der Waals surface area contributed by atoms with Crippen LogP contribution in [0, 0.1) is 44.1 Å². The Morgan fingerprint density at radius 2 is 1.63 bits per heavy atom. The minimum atomic E-state index is -5.37. The second kappa shape index (κ2) is 16.1. The zero-order valence-electron chi connectivity index (χ0n) is 28.9. The number of alkyl halides is 3. The highest BCUT2D eigenvalue weighted by Crippen LogP contribution is 2.42. The summed E-state index contributed by atoms with van der Waals surface area (Å²) in [6.07, 6.45) is -4.22. The standard InChI is InChI=1S/C36H43F6N3O4/c1-9-49-30(47)17-27(43-35(48)28(12-19(2)3)45-18-23(10-11-44(7)8)21(5)15-29(45)46)32-33(38)24(16-25(34(32)39)36(40,41)42)31-22(6)13-20(4)14-26(31)37/h13-16,18-19,27-28H,9-12,17H2,1-8H3,(H,43,48)/t27-,28?/m0/s1. The molecule has 0 radical (unpaired) electrons. The van der Waals surface area contributed by atoms with Crippen molar-refractivity contribution in [1.29, 1.82) is 0 Å². The molecular formula is C36H43F6N3O4. The van der Waals surface area contributed by atoms with E-state index in [0.29, 0.717) is 24.1 Å². The van der Waals surface area contributed by atoms with Gasteiger partial charge in [0.15, 0.2) is 0 Å². The molecule has 1 amide bonds. The number of hydrogen-bond acceptors (Lipinski definition) is 5. The van der Waals surface area contributed by atoms with Gasteiger partial charge in [-0.25, -0.2) is 13.2 Å². The normalized spacial score (nSPS) is 13.1. The van der Waals surface area contributed by atoms with Gasteiger partial charge in [0, 0.05) is 35.5 Å². The fourth-order valence-corrected chi connectivity index (χ4v) is 5.82. The third-order valence-electron chi connectivity index (χ3n) is 8.14. The van der Waals surface area contributed by atoms with E-state index in [0.717, 1.165) is 11.6 Å². The van der Waals surface area contributed by atoms with Gasteiger partial charge in [0.1, 0.15) is 23.5 Å². The molecule has 2 aromatic carbocycles. The molecule has 3 rings (SSSR count). The van der Waals surface area contributed by atoms with Crippen molar-refractivity contribution in [3.05, 3.63) is 91.6 Å². The van der Waals surface area contributed by atoms with Crippen molar-refractivity contribution in [2.75, 3.05) is 27.2 Å². The third kappa shape index (κ3) is 9.52. The van der Waals surface area contributed by atoms with E-state index in [2.05, 4.69) is 5.32 Å². The third-order valence-corrected chi connectivity index (χ3v) is 8.14. The SMILES string of the molecule is CCOC(=O)C[C@H](NC(=O)C(CC(C)C)n1cc(CCN(C)C)c(C)cc1=O)c1c(F)c(-c2c(C)cc(C)cc2F)cc(C(F)(F)F)c1F. The van der Waals surface area contributed by atoms with E-state index in [1.165, 1.54) is 43.7 Å². The van der Waals surface area contributed by atoms with Crippen LogP contribution in [-0.4, -0.2) is 48.6 Å². The molecule has 0 bridgehead atoms. The Morgan fingerprint density at radius 1 is 0.980 bits per heavy atom. The lowest BCUT2D eigenvalue weighted by Crippen LogP contribution is -2.41. The molecule has 268 valence electrons. The van der Waals surface area contributed by atoms with Gasteiger partial charge in [-0.3, -0.25) is 14.4 Å². The summed E-state index contributed by atoms with van der Waals surface area (Å²) >= 11 is 0. The molecule has 49 heavy (non-hydrogen) atoms. The maximum atomic E-state index is 16.5. The van der Waals surface area contributed by atoms with Gasteiger partial charge in [-0.05, 0) is 94.9 Å². The molecule has 0 aliphatic heterocycles. The first-order chi connectivity index (χ1) is 22.8. The smallest absolute Gasteiger partial charge is 0.419 e. The van der Waals surface area contributed by atoms with Crippen molar-refractivity contribution in [2.45, 2.75) is 79.1 Å². The number of aryl methyl sites for hydroxylation is 3. The Bertz CT molecular complexity index is 1730. The number of aromatic nitrogens is 1. The first-order valence-electron chi connectivity index (χ1n) is 15.9. The summed E-state index contributed by atoms with van der Waals surface area (Å²) in [4.78, 5) is 42.0. The van der Waals surface area contributed by atoms with Crippen LogP contribution in [0.25, 0.3) is 11.1 Å². The van der Waals surface area contributed by atoms with Gasteiger partial charge in [-0.1, -0.05) is 19.9 Å². The predicted octanol–water partition coefficient (Wildman–Crippen LogP) is 7.38. The van der Waals surface area contributed by atoms with E-state index in [1.807, 2.05) is 19.0 Å². The molecule has 0 spiro atoms. The molecular weight excluding hydrogens is 652 g/mol. The second-order valence-electron chi connectivity index (χ2n) is 12.9. The highest BCUT2D eigenvalue weighted by molar-refractivity contribution is 5.82. The number of rotatable bonds is 13. The van der Waals surface area contributed by atoms with Crippen molar-refractivity contribution in [1.82, 2.24) is 14.8 Å². The number of pyridine rings is 1. The van der Waals surface area contributed by atoms with E-state index in [1.54, 1.807) is 20.8 Å². The molecule has 0 saturated heterocycles. The van der Waals surface area contributed by atoms with Crippen LogP contribution in [0.4, 0.5) is 26.3 Å². The minimum Gasteiger partial charge on any atom is -0.466 e. The lowest BCUT2D eigenvalue weighted by atomic mass is 9.90. The lowest BCUT2D eigenvalue weighted by molar-refractivity contribution is -0.144. The van der Waals surface area contributed by atoms with Crippen LogP contribution in [0.2, 0.25) is 0 Å². The Balaban J connectivity index is 2.29. The van der Waals surface area contributed by atoms with Gasteiger partial charge in [0.25, 0.3) is 5.56 Å². The van der Waals surface area contributed by atoms with E-state index in [-0.39, 0.29) is 30.6 Å². The average Bonchev–Trinajstić information content (AvgIpc) is 2.95. The van der Waals surface area contributed by atoms with E-state index in [4.69, 9.17) is 4.74 Å². The number of nitrogens with one attached hydrogen (secondary N) is 1. The Kier molecular flexibility index (Phi) is 12.9. The second-order valence-corrected chi connectivity index (χ2v) is 12.9. The number of nitrogens with zero attached hydrogens (tertiary/aromatic N) is 2. The van der Waals surface area contributed by atoms with Crippen LogP contribution in [0.1, 0.15) is 79.1 Å². The van der Waals surface area contributed by atoms with Crippen LogP contribution in [0.15, 0.2) is 35.3 Å². The molecule has 1 unspecified atom stereocenters. The fourth-order valence-electron chi connectivity index (χ4n) is 5.82. The number of halogens is 6. The van der Waals surface area contributed by atoms with Crippen molar-refractivity contribution in [3.8, 4) is 11.1 Å². The van der Waals surface area contributed by atoms with Gasteiger partial charge in [-0.2, -0.15) is 13.2 Å². The van der Waals surface area contributed by atoms with Crippen LogP contribution in [-0.2, 0) is 26.9 Å². The molecule has 2 atom stereocenters. The van der Waals surface area contributed by atoms with Gasteiger partial charge in [0.05, 0.1) is 24.6 Å². The topological polar surface area (TPSA) is 80.6 Å². The largest absolute Gasteiger partial charge is 0.466 e. The average molecular weight is 696 g/mol. The maximum Gasteiger partial charge on any atom is 0.419 e. The summed E-state index contributed by atoms with van der Waals surface area (Å²) in [7, 11) is 3.74. The maximum absolute atomic E-state index is 16.5. The number of ether oxygens (including phenoxy) is 1. The van der Waals surface area contributed by atoms with Gasteiger partial charge < -0.3 is 19.5 Å². The summed E-state index contributed by atoms with van der Waals surface area (Å²) in [5, 5.41) is 2.37. The molecule has 0 aliphatic rings. The highest BCUT2D eigenvalue weighted by atomic mass is 19.4. The first kappa shape index (κ1) is 39.3. The van der Waals surface area contributed by atoms with Crippen molar-refractivity contribution < 1.29 is 40.7 Å². The summed E-state index contributed by atoms with van der Waals surface area (Å²) in [5.74, 6) is -6.95. The number of esters is 1.